The first-order valence-electron chi connectivity index (χ1n) is 21.8. The summed E-state index contributed by atoms with van der Waals surface area (Å²) in [5.41, 5.74) is 0. The lowest BCUT2D eigenvalue weighted by molar-refractivity contribution is -0.144. The van der Waals surface area contributed by atoms with Crippen LogP contribution in [-0.2, 0) is 19.1 Å². The van der Waals surface area contributed by atoms with E-state index in [1.54, 1.807) is 0 Å². The zero-order valence-electron chi connectivity index (χ0n) is 34.8. The maximum Gasteiger partial charge on any atom is 0.307 e. The fourth-order valence-electron chi connectivity index (χ4n) is 5.87. The Morgan fingerprint density at radius 2 is 0.769 bits per heavy atom. The zero-order valence-corrected chi connectivity index (χ0v) is 34.8. The van der Waals surface area contributed by atoms with E-state index in [1.807, 2.05) is 14.1 Å². The van der Waals surface area contributed by atoms with Crippen LogP contribution in [0.1, 0.15) is 181 Å². The fraction of sp³-hybridized carbons (Fsp3) is 0.783. The van der Waals surface area contributed by atoms with Crippen molar-refractivity contribution in [2.24, 2.45) is 0 Å². The smallest absolute Gasteiger partial charge is 0.307 e. The predicted molar refractivity (Wildman–Crippen MR) is 225 cm³/mol. The molecule has 0 atom stereocenters. The van der Waals surface area contributed by atoms with Gasteiger partial charge in [-0.1, -0.05) is 140 Å². The molecule has 0 aromatic carbocycles. The van der Waals surface area contributed by atoms with Crippen molar-refractivity contribution in [1.82, 2.24) is 9.80 Å². The third-order valence-corrected chi connectivity index (χ3v) is 9.34. The van der Waals surface area contributed by atoms with E-state index >= 15 is 0 Å². The van der Waals surface area contributed by atoms with Crippen molar-refractivity contribution in [3.8, 4) is 0 Å². The molecular weight excluding hydrogens is 645 g/mol. The minimum absolute atomic E-state index is 0.141. The number of hydrogen-bond donors (Lipinski definition) is 0. The summed E-state index contributed by atoms with van der Waals surface area (Å²) in [7, 11) is 4.08. The normalized spacial score (nSPS) is 12.2. The number of hydrogen-bond acceptors (Lipinski definition) is 6. The second-order valence-corrected chi connectivity index (χ2v) is 14.8. The Balaban J connectivity index is 3.83. The molecule has 6 nitrogen and oxygen atoms in total. The van der Waals surface area contributed by atoms with E-state index in [-0.39, 0.29) is 11.9 Å². The van der Waals surface area contributed by atoms with Gasteiger partial charge < -0.3 is 19.3 Å². The van der Waals surface area contributed by atoms with E-state index in [0.29, 0.717) is 39.1 Å². The van der Waals surface area contributed by atoms with Gasteiger partial charge in [0.1, 0.15) is 0 Å². The Kier molecular flexibility index (Phi) is 39.8. The van der Waals surface area contributed by atoms with Crippen molar-refractivity contribution in [2.45, 2.75) is 181 Å². The molecule has 0 saturated heterocycles. The van der Waals surface area contributed by atoms with Crippen LogP contribution in [0.3, 0.4) is 0 Å². The Hall–Kier alpha value is -2.18. The van der Waals surface area contributed by atoms with E-state index in [1.165, 1.54) is 116 Å². The van der Waals surface area contributed by atoms with Crippen LogP contribution in [0, 0.1) is 0 Å². The molecule has 0 aliphatic heterocycles. The third-order valence-electron chi connectivity index (χ3n) is 9.34. The highest BCUT2D eigenvalue weighted by molar-refractivity contribution is 5.70. The van der Waals surface area contributed by atoms with Crippen LogP contribution in [-0.4, -0.2) is 75.2 Å². The average molecular weight is 729 g/mol. The van der Waals surface area contributed by atoms with E-state index in [4.69, 9.17) is 9.47 Å². The molecule has 0 aliphatic rings. The average Bonchev–Trinajstić information content (AvgIpc) is 3.13. The van der Waals surface area contributed by atoms with Crippen LogP contribution < -0.4 is 0 Å². The molecule has 0 heterocycles. The Morgan fingerprint density at radius 1 is 0.423 bits per heavy atom. The Bertz CT molecular complexity index is 829. The maximum absolute atomic E-state index is 12.4. The molecule has 0 saturated carbocycles. The number of rotatable bonds is 39. The monoisotopic (exact) mass is 729 g/mol. The van der Waals surface area contributed by atoms with Gasteiger partial charge in [0.05, 0.1) is 26.1 Å². The molecule has 0 amide bonds. The van der Waals surface area contributed by atoms with E-state index in [2.05, 4.69) is 72.3 Å². The van der Waals surface area contributed by atoms with Crippen molar-refractivity contribution in [2.75, 3.05) is 53.5 Å². The molecule has 6 heteroatoms. The predicted octanol–water partition coefficient (Wildman–Crippen LogP) is 12.3. The standard InChI is InChI=1S/C46H84N2O4/c1-5-7-9-11-13-15-17-19-21-23-25-27-29-31-33-35-43-51-45(49)37-39-48(42-41-47(3)4)40-38-46(50)52-44-36-34-32-30-28-26-24-22-20-18-16-14-12-10-8-6-2/h13-16,19-22H,5-12,17-18,23-44H2,1-4H3/b15-13-,16-14-,21-19-,22-20-. The van der Waals surface area contributed by atoms with Gasteiger partial charge in [-0.3, -0.25) is 9.59 Å². The van der Waals surface area contributed by atoms with E-state index in [9.17, 15) is 9.59 Å². The summed E-state index contributed by atoms with van der Waals surface area (Å²) in [5.74, 6) is -0.283. The number of allylic oxidation sites excluding steroid dienone is 8. The molecule has 302 valence electrons. The molecule has 52 heavy (non-hydrogen) atoms. The quantitative estimate of drug-likeness (QED) is 0.0357. The first-order chi connectivity index (χ1) is 25.5. The minimum atomic E-state index is -0.141. The summed E-state index contributed by atoms with van der Waals surface area (Å²) in [6, 6.07) is 0. The van der Waals surface area contributed by atoms with Gasteiger partial charge in [-0.05, 0) is 91.1 Å². The molecule has 0 aromatic heterocycles. The zero-order chi connectivity index (χ0) is 38.0. The summed E-state index contributed by atoms with van der Waals surface area (Å²) in [5, 5.41) is 0. The lowest BCUT2D eigenvalue weighted by Gasteiger charge is -2.23. The molecular formula is C46H84N2O4. The highest BCUT2D eigenvalue weighted by atomic mass is 16.5. The SMILES string of the molecule is CCCCC/C=C\C/C=C\CCCCCCCCOC(=O)CCN(CCC(=O)OCCCCCCCC/C=C\C/C=C\CCCCC)CCN(C)C. The summed E-state index contributed by atoms with van der Waals surface area (Å²) in [4.78, 5) is 29.1. The summed E-state index contributed by atoms with van der Waals surface area (Å²) in [6.07, 6.45) is 48.0. The summed E-state index contributed by atoms with van der Waals surface area (Å²) in [6.45, 7) is 8.41. The second kappa shape index (κ2) is 41.6. The number of carbonyl (C=O) groups excluding carboxylic acids is 2. The van der Waals surface area contributed by atoms with Crippen molar-refractivity contribution in [1.29, 1.82) is 0 Å². The number of likely N-dealkylation sites (N-methyl/N-ethyl adjacent to an activating group) is 1. The van der Waals surface area contributed by atoms with Crippen LogP contribution in [0.2, 0.25) is 0 Å². The number of ether oxygens (including phenoxy) is 2. The first-order valence-corrected chi connectivity index (χ1v) is 21.8. The van der Waals surface area contributed by atoms with Crippen LogP contribution in [0.4, 0.5) is 0 Å². The van der Waals surface area contributed by atoms with Gasteiger partial charge in [-0.15, -0.1) is 0 Å². The van der Waals surface area contributed by atoms with Crippen LogP contribution in [0.25, 0.3) is 0 Å². The molecule has 0 aromatic rings. The number of unbranched alkanes of at least 4 members (excludes halogenated alkanes) is 18. The third kappa shape index (κ3) is 40.6. The Morgan fingerprint density at radius 3 is 1.13 bits per heavy atom. The Labute approximate surface area is 322 Å². The van der Waals surface area contributed by atoms with Crippen LogP contribution in [0.15, 0.2) is 48.6 Å². The van der Waals surface area contributed by atoms with Gasteiger partial charge >= 0.3 is 11.9 Å². The highest BCUT2D eigenvalue weighted by Gasteiger charge is 2.13. The first kappa shape index (κ1) is 49.8. The van der Waals surface area contributed by atoms with Crippen molar-refractivity contribution in [3.63, 3.8) is 0 Å². The van der Waals surface area contributed by atoms with Crippen molar-refractivity contribution in [3.05, 3.63) is 48.6 Å². The van der Waals surface area contributed by atoms with Gasteiger partial charge in [-0.2, -0.15) is 0 Å². The minimum Gasteiger partial charge on any atom is -0.466 e. The molecule has 0 bridgehead atoms. The van der Waals surface area contributed by atoms with E-state index in [0.717, 1.165) is 51.6 Å². The molecule has 0 rings (SSSR count). The lowest BCUT2D eigenvalue weighted by atomic mass is 10.1. The van der Waals surface area contributed by atoms with Gasteiger partial charge in [0, 0.05) is 26.2 Å². The van der Waals surface area contributed by atoms with Crippen molar-refractivity contribution >= 4 is 11.9 Å². The highest BCUT2D eigenvalue weighted by Crippen LogP contribution is 2.10. The number of esters is 2. The van der Waals surface area contributed by atoms with Gasteiger partial charge in [0.15, 0.2) is 0 Å². The summed E-state index contributed by atoms with van der Waals surface area (Å²) < 4.78 is 11.0. The van der Waals surface area contributed by atoms with Crippen LogP contribution >= 0.6 is 0 Å². The summed E-state index contributed by atoms with van der Waals surface area (Å²) >= 11 is 0. The van der Waals surface area contributed by atoms with Gasteiger partial charge in [-0.25, -0.2) is 0 Å². The maximum atomic E-state index is 12.4. The number of nitrogens with zero attached hydrogens (tertiary/aromatic N) is 2. The molecule has 0 unspecified atom stereocenters. The second-order valence-electron chi connectivity index (χ2n) is 14.8. The fourth-order valence-corrected chi connectivity index (χ4v) is 5.87. The molecule has 0 N–H and O–H groups in total. The molecule has 0 radical (unpaired) electrons. The topological polar surface area (TPSA) is 59.1 Å². The van der Waals surface area contributed by atoms with Gasteiger partial charge in [0.2, 0.25) is 0 Å². The van der Waals surface area contributed by atoms with E-state index < -0.39 is 0 Å². The molecule has 0 fully saturated rings. The molecule has 0 spiro atoms. The number of carbonyl (C=O) groups is 2. The lowest BCUT2D eigenvalue weighted by Crippen LogP contribution is -2.35. The van der Waals surface area contributed by atoms with Crippen molar-refractivity contribution < 1.29 is 19.1 Å². The van der Waals surface area contributed by atoms with Crippen LogP contribution in [0.5, 0.6) is 0 Å². The molecule has 0 aliphatic carbocycles. The van der Waals surface area contributed by atoms with Gasteiger partial charge in [0.25, 0.3) is 0 Å². The largest absolute Gasteiger partial charge is 0.466 e.